The molecule has 0 radical (unpaired) electrons. The lowest BCUT2D eigenvalue weighted by atomic mass is 9.82. The average molecular weight is 342 g/mol. The molecular formula is C20H30N4O. The molecule has 5 heteroatoms. The van der Waals surface area contributed by atoms with Crippen molar-refractivity contribution in [3.63, 3.8) is 0 Å². The lowest BCUT2D eigenvalue weighted by molar-refractivity contribution is -0.114. The summed E-state index contributed by atoms with van der Waals surface area (Å²) in [6.07, 6.45) is 5.52. The number of guanidine groups is 1. The molecular weight excluding hydrogens is 312 g/mol. The van der Waals surface area contributed by atoms with Gasteiger partial charge in [-0.1, -0.05) is 25.0 Å². The number of hydrogen-bond donors (Lipinski definition) is 2. The highest BCUT2D eigenvalue weighted by molar-refractivity contribution is 5.88. The van der Waals surface area contributed by atoms with Gasteiger partial charge in [0.2, 0.25) is 5.91 Å². The van der Waals surface area contributed by atoms with Crippen molar-refractivity contribution in [3.05, 3.63) is 29.8 Å². The molecule has 1 saturated carbocycles. The first-order chi connectivity index (χ1) is 12.2. The third-order valence-corrected chi connectivity index (χ3v) is 5.27. The van der Waals surface area contributed by atoms with Gasteiger partial charge in [-0.25, -0.2) is 4.99 Å². The van der Waals surface area contributed by atoms with Gasteiger partial charge in [0, 0.05) is 32.2 Å². The van der Waals surface area contributed by atoms with E-state index in [0.717, 1.165) is 48.7 Å². The summed E-state index contributed by atoms with van der Waals surface area (Å²) in [6.45, 7) is 7.44. The zero-order valence-electron chi connectivity index (χ0n) is 15.4. The predicted molar refractivity (Wildman–Crippen MR) is 103 cm³/mol. The molecule has 3 rings (SSSR count). The van der Waals surface area contributed by atoms with Crippen LogP contribution in [0.3, 0.4) is 0 Å². The summed E-state index contributed by atoms with van der Waals surface area (Å²) in [5.41, 5.74) is 1.94. The molecule has 2 unspecified atom stereocenters. The van der Waals surface area contributed by atoms with Gasteiger partial charge in [0.1, 0.15) is 0 Å². The maximum atomic E-state index is 11.2. The number of rotatable bonds is 4. The zero-order chi connectivity index (χ0) is 17.6. The van der Waals surface area contributed by atoms with E-state index in [0.29, 0.717) is 6.54 Å². The topological polar surface area (TPSA) is 56.7 Å². The Morgan fingerprint density at radius 3 is 2.60 bits per heavy atom. The predicted octanol–water partition coefficient (Wildman–Crippen LogP) is 3.23. The Morgan fingerprint density at radius 1 is 1.24 bits per heavy atom. The molecule has 1 aromatic rings. The average Bonchev–Trinajstić information content (AvgIpc) is 3.02. The number of anilines is 1. The second-order valence-corrected chi connectivity index (χ2v) is 7.26. The van der Waals surface area contributed by atoms with Crippen LogP contribution in [0, 0.1) is 11.8 Å². The number of benzene rings is 1. The first-order valence-electron chi connectivity index (χ1n) is 9.55. The Labute approximate surface area is 150 Å². The van der Waals surface area contributed by atoms with E-state index in [1.807, 2.05) is 18.2 Å². The number of aliphatic imine (C=N–C) groups is 1. The van der Waals surface area contributed by atoms with Crippen molar-refractivity contribution >= 4 is 17.6 Å². The summed E-state index contributed by atoms with van der Waals surface area (Å²) >= 11 is 0. The smallest absolute Gasteiger partial charge is 0.221 e. The van der Waals surface area contributed by atoms with E-state index in [-0.39, 0.29) is 5.91 Å². The summed E-state index contributed by atoms with van der Waals surface area (Å²) in [6, 6.07) is 7.93. The van der Waals surface area contributed by atoms with Crippen molar-refractivity contribution in [3.8, 4) is 0 Å². The number of likely N-dealkylation sites (tertiary alicyclic amines) is 1. The van der Waals surface area contributed by atoms with Crippen LogP contribution in [-0.4, -0.2) is 36.4 Å². The molecule has 0 spiro atoms. The minimum atomic E-state index is -0.0475. The molecule has 2 fully saturated rings. The van der Waals surface area contributed by atoms with Crippen LogP contribution < -0.4 is 10.6 Å². The van der Waals surface area contributed by atoms with Gasteiger partial charge in [0.15, 0.2) is 5.96 Å². The molecule has 1 amide bonds. The first kappa shape index (κ1) is 17.8. The van der Waals surface area contributed by atoms with Gasteiger partial charge in [-0.15, -0.1) is 0 Å². The third-order valence-electron chi connectivity index (χ3n) is 5.27. The van der Waals surface area contributed by atoms with Crippen molar-refractivity contribution in [2.45, 2.75) is 46.1 Å². The number of nitrogens with one attached hydrogen (secondary N) is 2. The molecule has 1 saturated heterocycles. The van der Waals surface area contributed by atoms with Crippen molar-refractivity contribution < 1.29 is 4.79 Å². The number of fused-ring (bicyclic) bond motifs is 1. The van der Waals surface area contributed by atoms with Crippen molar-refractivity contribution in [1.82, 2.24) is 10.2 Å². The molecule has 136 valence electrons. The van der Waals surface area contributed by atoms with E-state index < -0.39 is 0 Å². The zero-order valence-corrected chi connectivity index (χ0v) is 15.4. The van der Waals surface area contributed by atoms with E-state index in [9.17, 15) is 4.79 Å². The highest BCUT2D eigenvalue weighted by Crippen LogP contribution is 2.36. The molecule has 1 heterocycles. The van der Waals surface area contributed by atoms with Gasteiger partial charge >= 0.3 is 0 Å². The van der Waals surface area contributed by atoms with Gasteiger partial charge in [-0.3, -0.25) is 4.79 Å². The van der Waals surface area contributed by atoms with Crippen LogP contribution in [0.25, 0.3) is 0 Å². The van der Waals surface area contributed by atoms with Crippen molar-refractivity contribution in [2.75, 3.05) is 25.0 Å². The fourth-order valence-electron chi connectivity index (χ4n) is 4.12. The van der Waals surface area contributed by atoms with Crippen LogP contribution in [0.5, 0.6) is 0 Å². The number of nitrogens with zero attached hydrogens (tertiary/aromatic N) is 2. The summed E-state index contributed by atoms with van der Waals surface area (Å²) in [4.78, 5) is 18.5. The Bertz CT molecular complexity index is 614. The minimum absolute atomic E-state index is 0.0475. The molecule has 0 aromatic heterocycles. The minimum Gasteiger partial charge on any atom is -0.357 e. The Balaban J connectivity index is 1.67. The second kappa shape index (κ2) is 8.37. The maximum Gasteiger partial charge on any atom is 0.221 e. The maximum absolute atomic E-state index is 11.2. The van der Waals surface area contributed by atoms with Crippen LogP contribution in [0.2, 0.25) is 0 Å². The number of carbonyl (C=O) groups excluding carboxylic acids is 1. The monoisotopic (exact) mass is 342 g/mol. The van der Waals surface area contributed by atoms with Crippen LogP contribution in [0.1, 0.15) is 45.1 Å². The van der Waals surface area contributed by atoms with E-state index in [1.165, 1.54) is 32.6 Å². The molecule has 2 atom stereocenters. The quantitative estimate of drug-likeness (QED) is 0.652. The normalized spacial score (nSPS) is 23.3. The van der Waals surface area contributed by atoms with Crippen molar-refractivity contribution in [2.24, 2.45) is 16.8 Å². The van der Waals surface area contributed by atoms with E-state index in [2.05, 4.69) is 28.5 Å². The highest BCUT2D eigenvalue weighted by atomic mass is 16.1. The van der Waals surface area contributed by atoms with E-state index >= 15 is 0 Å². The third kappa shape index (κ3) is 4.74. The van der Waals surface area contributed by atoms with E-state index in [1.54, 1.807) is 0 Å². The summed E-state index contributed by atoms with van der Waals surface area (Å²) in [5, 5.41) is 6.29. The molecule has 1 aliphatic carbocycles. The molecule has 5 nitrogen and oxygen atoms in total. The molecule has 25 heavy (non-hydrogen) atoms. The van der Waals surface area contributed by atoms with Crippen LogP contribution in [0.15, 0.2) is 29.3 Å². The van der Waals surface area contributed by atoms with Gasteiger partial charge in [0.05, 0.1) is 6.54 Å². The van der Waals surface area contributed by atoms with Crippen LogP contribution in [0.4, 0.5) is 5.69 Å². The number of amides is 1. The van der Waals surface area contributed by atoms with Crippen LogP contribution in [-0.2, 0) is 11.3 Å². The van der Waals surface area contributed by atoms with Gasteiger partial charge < -0.3 is 15.5 Å². The lowest BCUT2D eigenvalue weighted by Gasteiger charge is -2.22. The molecule has 1 aliphatic heterocycles. The molecule has 0 bridgehead atoms. The van der Waals surface area contributed by atoms with Crippen LogP contribution >= 0.6 is 0 Å². The van der Waals surface area contributed by atoms with Crippen molar-refractivity contribution in [1.29, 1.82) is 0 Å². The standard InChI is InChI=1S/C20H30N4O/c1-3-21-20(24-13-17-8-4-5-9-18(17)14-24)22-12-16-7-6-10-19(11-16)23-15(2)25/h6-7,10-11,17-18H,3-5,8-9,12-14H2,1-2H3,(H,21,22)(H,23,25). The Hall–Kier alpha value is -2.04. The SMILES string of the molecule is CCNC(=NCc1cccc(NC(C)=O)c1)N1CC2CCCCC2C1. The van der Waals surface area contributed by atoms with Gasteiger partial charge in [0.25, 0.3) is 0 Å². The highest BCUT2D eigenvalue weighted by Gasteiger charge is 2.35. The van der Waals surface area contributed by atoms with Gasteiger partial charge in [-0.2, -0.15) is 0 Å². The fraction of sp³-hybridized carbons (Fsp3) is 0.600. The second-order valence-electron chi connectivity index (χ2n) is 7.26. The fourth-order valence-corrected chi connectivity index (χ4v) is 4.12. The summed E-state index contributed by atoms with van der Waals surface area (Å²) < 4.78 is 0. The molecule has 2 N–H and O–H groups in total. The number of carbonyl (C=O) groups is 1. The molecule has 1 aromatic carbocycles. The first-order valence-corrected chi connectivity index (χ1v) is 9.55. The lowest BCUT2D eigenvalue weighted by Crippen LogP contribution is -2.40. The summed E-state index contributed by atoms with van der Waals surface area (Å²) in [5.74, 6) is 2.68. The molecule has 2 aliphatic rings. The Morgan fingerprint density at radius 2 is 1.96 bits per heavy atom. The van der Waals surface area contributed by atoms with E-state index in [4.69, 9.17) is 4.99 Å². The van der Waals surface area contributed by atoms with Gasteiger partial charge in [-0.05, 0) is 49.3 Å². The number of hydrogen-bond acceptors (Lipinski definition) is 2. The summed E-state index contributed by atoms with van der Waals surface area (Å²) in [7, 11) is 0. The Kier molecular flexibility index (Phi) is 5.95. The largest absolute Gasteiger partial charge is 0.357 e.